The molecule has 0 aliphatic heterocycles. The Morgan fingerprint density at radius 3 is 3.08 bits per heavy atom. The normalized spacial score (nSPS) is 12.1. The summed E-state index contributed by atoms with van der Waals surface area (Å²) in [6.07, 6.45) is 6.76. The fraction of sp³-hybridized carbons (Fsp3) is 0.222. The van der Waals surface area contributed by atoms with Crippen molar-refractivity contribution >= 4 is 0 Å². The highest BCUT2D eigenvalue weighted by Gasteiger charge is 2.04. The van der Waals surface area contributed by atoms with E-state index >= 15 is 0 Å². The third kappa shape index (κ3) is 1.82. The second-order valence-corrected chi connectivity index (χ2v) is 2.40. The molecule has 0 aliphatic carbocycles. The van der Waals surface area contributed by atoms with Crippen molar-refractivity contribution in [2.45, 2.75) is 6.04 Å². The van der Waals surface area contributed by atoms with E-state index in [9.17, 15) is 0 Å². The van der Waals surface area contributed by atoms with Gasteiger partial charge in [-0.15, -0.1) is 6.42 Å². The molecule has 1 atom stereocenters. The van der Waals surface area contributed by atoms with Crippen LogP contribution in [0.4, 0.5) is 0 Å². The highest BCUT2D eigenvalue weighted by Crippen LogP contribution is 2.07. The fourth-order valence-corrected chi connectivity index (χ4v) is 0.834. The largest absolute Gasteiger partial charge is 0.394 e. The summed E-state index contributed by atoms with van der Waals surface area (Å²) >= 11 is 0. The van der Waals surface area contributed by atoms with E-state index < -0.39 is 6.04 Å². The number of hydrogen-bond acceptors (Lipinski definition) is 3. The van der Waals surface area contributed by atoms with E-state index in [-0.39, 0.29) is 6.61 Å². The molecule has 0 aliphatic rings. The standard InChI is InChI=1S/C9H10N2O/c1-2-7-3-4-11-9(5-7)8(10)6-12/h1,3-5,8,12H,6,10H2/t8-/m0/s1. The van der Waals surface area contributed by atoms with Gasteiger partial charge in [0.15, 0.2) is 0 Å². The van der Waals surface area contributed by atoms with Crippen LogP contribution in [-0.4, -0.2) is 16.7 Å². The van der Waals surface area contributed by atoms with Crippen LogP contribution in [0.25, 0.3) is 0 Å². The third-order valence-corrected chi connectivity index (χ3v) is 1.52. The van der Waals surface area contributed by atoms with Crippen molar-refractivity contribution in [3.05, 3.63) is 29.6 Å². The van der Waals surface area contributed by atoms with E-state index in [2.05, 4.69) is 10.9 Å². The molecule has 0 saturated carbocycles. The Morgan fingerprint density at radius 2 is 2.50 bits per heavy atom. The number of aliphatic hydroxyl groups excluding tert-OH is 1. The van der Waals surface area contributed by atoms with Gasteiger partial charge in [-0.1, -0.05) is 5.92 Å². The second kappa shape index (κ2) is 3.86. The maximum absolute atomic E-state index is 8.74. The summed E-state index contributed by atoms with van der Waals surface area (Å²) in [7, 11) is 0. The summed E-state index contributed by atoms with van der Waals surface area (Å²) in [6, 6.07) is 2.97. The molecule has 0 bridgehead atoms. The minimum absolute atomic E-state index is 0.124. The summed E-state index contributed by atoms with van der Waals surface area (Å²) in [5.41, 5.74) is 6.88. The molecule has 1 aromatic rings. The number of rotatable bonds is 2. The Balaban J connectivity index is 2.95. The number of nitrogens with two attached hydrogens (primary N) is 1. The van der Waals surface area contributed by atoms with Gasteiger partial charge in [0.1, 0.15) is 0 Å². The Labute approximate surface area is 71.2 Å². The van der Waals surface area contributed by atoms with Gasteiger partial charge in [-0.2, -0.15) is 0 Å². The molecule has 12 heavy (non-hydrogen) atoms. The minimum Gasteiger partial charge on any atom is -0.394 e. The number of aliphatic hydroxyl groups is 1. The molecule has 3 nitrogen and oxygen atoms in total. The van der Waals surface area contributed by atoms with Gasteiger partial charge in [0, 0.05) is 11.8 Å². The molecule has 0 spiro atoms. The maximum Gasteiger partial charge on any atom is 0.0705 e. The average molecular weight is 162 g/mol. The third-order valence-electron chi connectivity index (χ3n) is 1.52. The number of aromatic nitrogens is 1. The van der Waals surface area contributed by atoms with Crippen molar-refractivity contribution in [1.29, 1.82) is 0 Å². The van der Waals surface area contributed by atoms with E-state index in [0.29, 0.717) is 5.69 Å². The van der Waals surface area contributed by atoms with Crippen LogP contribution in [-0.2, 0) is 0 Å². The lowest BCUT2D eigenvalue weighted by Gasteiger charge is -2.06. The van der Waals surface area contributed by atoms with Crippen molar-refractivity contribution in [2.75, 3.05) is 6.61 Å². The molecule has 0 fully saturated rings. The highest BCUT2D eigenvalue weighted by atomic mass is 16.3. The minimum atomic E-state index is -0.446. The summed E-state index contributed by atoms with van der Waals surface area (Å²) in [6.45, 7) is -0.124. The molecule has 0 radical (unpaired) electrons. The average Bonchev–Trinajstić information content (AvgIpc) is 2.17. The Morgan fingerprint density at radius 1 is 1.75 bits per heavy atom. The Hall–Kier alpha value is -1.37. The van der Waals surface area contributed by atoms with Crippen LogP contribution in [0.2, 0.25) is 0 Å². The first-order valence-corrected chi connectivity index (χ1v) is 3.57. The zero-order valence-electron chi connectivity index (χ0n) is 6.57. The molecule has 3 heteroatoms. The molecule has 1 aromatic heterocycles. The second-order valence-electron chi connectivity index (χ2n) is 2.40. The van der Waals surface area contributed by atoms with Crippen LogP contribution < -0.4 is 5.73 Å². The SMILES string of the molecule is C#Cc1ccnc([C@@H](N)CO)c1. The van der Waals surface area contributed by atoms with Gasteiger partial charge in [-0.25, -0.2) is 0 Å². The number of terminal acetylenes is 1. The van der Waals surface area contributed by atoms with Gasteiger partial charge in [-0.3, -0.25) is 4.98 Å². The lowest BCUT2D eigenvalue weighted by Crippen LogP contribution is -2.15. The molecule has 1 heterocycles. The van der Waals surface area contributed by atoms with Crippen molar-refractivity contribution in [1.82, 2.24) is 4.98 Å². The van der Waals surface area contributed by atoms with Gasteiger partial charge in [0.2, 0.25) is 0 Å². The van der Waals surface area contributed by atoms with Crippen molar-refractivity contribution in [3.8, 4) is 12.3 Å². The molecule has 0 unspecified atom stereocenters. The highest BCUT2D eigenvalue weighted by molar-refractivity contribution is 5.32. The van der Waals surface area contributed by atoms with Crippen LogP contribution in [0.3, 0.4) is 0 Å². The van der Waals surface area contributed by atoms with Crippen LogP contribution in [0, 0.1) is 12.3 Å². The van der Waals surface area contributed by atoms with Crippen LogP contribution in [0.1, 0.15) is 17.3 Å². The smallest absolute Gasteiger partial charge is 0.0705 e. The van der Waals surface area contributed by atoms with E-state index in [1.807, 2.05) is 0 Å². The zero-order chi connectivity index (χ0) is 8.97. The van der Waals surface area contributed by atoms with Gasteiger partial charge in [0.05, 0.1) is 18.3 Å². The van der Waals surface area contributed by atoms with Crippen molar-refractivity contribution in [2.24, 2.45) is 5.73 Å². The quantitative estimate of drug-likeness (QED) is 0.604. The van der Waals surface area contributed by atoms with E-state index in [1.54, 1.807) is 18.3 Å². The molecule has 0 saturated heterocycles. The fourth-order valence-electron chi connectivity index (χ4n) is 0.834. The summed E-state index contributed by atoms with van der Waals surface area (Å²) in [5, 5.41) is 8.74. The topological polar surface area (TPSA) is 59.1 Å². The molecule has 3 N–H and O–H groups in total. The lowest BCUT2D eigenvalue weighted by atomic mass is 10.1. The molecule has 0 amide bonds. The number of nitrogens with zero attached hydrogens (tertiary/aromatic N) is 1. The summed E-state index contributed by atoms with van der Waals surface area (Å²) in [5.74, 6) is 2.47. The molecule has 62 valence electrons. The van der Waals surface area contributed by atoms with Crippen molar-refractivity contribution in [3.63, 3.8) is 0 Å². The first-order chi connectivity index (χ1) is 5.77. The monoisotopic (exact) mass is 162 g/mol. The lowest BCUT2D eigenvalue weighted by molar-refractivity contribution is 0.266. The molecule has 0 aromatic carbocycles. The van der Waals surface area contributed by atoms with Crippen LogP contribution in [0.15, 0.2) is 18.3 Å². The predicted molar refractivity (Wildman–Crippen MR) is 46.2 cm³/mol. The first-order valence-electron chi connectivity index (χ1n) is 3.57. The van der Waals surface area contributed by atoms with E-state index in [0.717, 1.165) is 5.56 Å². The van der Waals surface area contributed by atoms with Gasteiger partial charge >= 0.3 is 0 Å². The number of hydrogen-bond donors (Lipinski definition) is 2. The molecule has 1 rings (SSSR count). The van der Waals surface area contributed by atoms with Crippen LogP contribution in [0.5, 0.6) is 0 Å². The van der Waals surface area contributed by atoms with Gasteiger partial charge in [0.25, 0.3) is 0 Å². The van der Waals surface area contributed by atoms with Crippen molar-refractivity contribution < 1.29 is 5.11 Å². The van der Waals surface area contributed by atoms with Gasteiger partial charge in [-0.05, 0) is 12.1 Å². The summed E-state index contributed by atoms with van der Waals surface area (Å²) < 4.78 is 0. The summed E-state index contributed by atoms with van der Waals surface area (Å²) in [4.78, 5) is 3.98. The predicted octanol–water partition coefficient (Wildman–Crippen LogP) is 0.0550. The Bertz CT molecular complexity index is 304. The van der Waals surface area contributed by atoms with E-state index in [1.165, 1.54) is 0 Å². The van der Waals surface area contributed by atoms with Gasteiger partial charge < -0.3 is 10.8 Å². The van der Waals surface area contributed by atoms with E-state index in [4.69, 9.17) is 17.3 Å². The maximum atomic E-state index is 8.74. The van der Waals surface area contributed by atoms with Crippen LogP contribution >= 0.6 is 0 Å². The zero-order valence-corrected chi connectivity index (χ0v) is 6.57. The molecular formula is C9H10N2O. The Kier molecular flexibility index (Phi) is 2.81. The number of pyridine rings is 1. The first kappa shape index (κ1) is 8.72. The molecular weight excluding hydrogens is 152 g/mol.